The normalized spacial score (nSPS) is 11.4. The van der Waals surface area contributed by atoms with Crippen LogP contribution in [-0.4, -0.2) is 24.7 Å². The van der Waals surface area contributed by atoms with Crippen molar-refractivity contribution in [3.05, 3.63) is 40.1 Å². The van der Waals surface area contributed by atoms with Gasteiger partial charge in [0.25, 0.3) is 0 Å². The number of rotatable bonds is 2. The van der Waals surface area contributed by atoms with Crippen LogP contribution in [0.3, 0.4) is 0 Å². The van der Waals surface area contributed by atoms with Gasteiger partial charge >= 0.3 is 5.69 Å². The minimum atomic E-state index is -0.443. The Balaban J connectivity index is 2.57. The first kappa shape index (κ1) is 10.9. The summed E-state index contributed by atoms with van der Waals surface area (Å²) in [5.74, 6) is 0.354. The number of H-pyrrole nitrogens is 1. The molecular weight excluding hydrogens is 232 g/mol. The van der Waals surface area contributed by atoms with Crippen molar-refractivity contribution in [1.82, 2.24) is 19.6 Å². The molecule has 0 aliphatic heterocycles. The molecule has 0 aliphatic carbocycles. The Hall–Kier alpha value is -2.21. The lowest BCUT2D eigenvalue weighted by Crippen LogP contribution is -2.18. The smallest absolute Gasteiger partial charge is 0.370 e. The molecule has 0 saturated heterocycles. The number of hydrogen-bond acceptors (Lipinski definition) is 4. The van der Waals surface area contributed by atoms with Gasteiger partial charge in [-0.2, -0.15) is 9.50 Å². The van der Waals surface area contributed by atoms with Gasteiger partial charge in [-0.05, 0) is 18.1 Å². The van der Waals surface area contributed by atoms with E-state index in [1.807, 2.05) is 19.1 Å². The molecule has 0 amide bonds. The first-order valence-electron chi connectivity index (χ1n) is 5.75. The molecule has 0 unspecified atom stereocenters. The van der Waals surface area contributed by atoms with E-state index in [0.29, 0.717) is 17.0 Å². The maximum Gasteiger partial charge on any atom is 0.370 e. The average Bonchev–Trinajstić information content (AvgIpc) is 2.82. The molecule has 0 fully saturated rings. The van der Waals surface area contributed by atoms with Crippen molar-refractivity contribution < 1.29 is 5.11 Å². The van der Waals surface area contributed by atoms with E-state index in [1.165, 1.54) is 4.52 Å². The number of benzene rings is 1. The second kappa shape index (κ2) is 3.92. The molecule has 0 radical (unpaired) electrons. The fourth-order valence-electron chi connectivity index (χ4n) is 2.16. The Morgan fingerprint density at radius 3 is 3.00 bits per heavy atom. The van der Waals surface area contributed by atoms with E-state index < -0.39 is 5.69 Å². The average molecular weight is 244 g/mol. The van der Waals surface area contributed by atoms with Gasteiger partial charge < -0.3 is 10.1 Å². The highest BCUT2D eigenvalue weighted by atomic mass is 16.3. The van der Waals surface area contributed by atoms with E-state index in [9.17, 15) is 4.79 Å². The van der Waals surface area contributed by atoms with Gasteiger partial charge in [0.1, 0.15) is 12.3 Å². The van der Waals surface area contributed by atoms with Crippen molar-refractivity contribution in [2.45, 2.75) is 20.0 Å². The van der Waals surface area contributed by atoms with Gasteiger partial charge in [-0.25, -0.2) is 4.79 Å². The zero-order valence-electron chi connectivity index (χ0n) is 9.84. The van der Waals surface area contributed by atoms with Crippen LogP contribution in [0.2, 0.25) is 0 Å². The van der Waals surface area contributed by atoms with Crippen LogP contribution in [0.1, 0.15) is 18.3 Å². The summed E-state index contributed by atoms with van der Waals surface area (Å²) < 4.78 is 1.20. The number of fused-ring (bicyclic) bond motifs is 3. The zero-order valence-corrected chi connectivity index (χ0v) is 9.84. The van der Waals surface area contributed by atoms with Crippen LogP contribution in [0, 0.1) is 0 Å². The largest absolute Gasteiger partial charge is 0.388 e. The Morgan fingerprint density at radius 2 is 2.28 bits per heavy atom. The monoisotopic (exact) mass is 244 g/mol. The third-order valence-corrected chi connectivity index (χ3v) is 2.99. The van der Waals surface area contributed by atoms with Crippen molar-refractivity contribution in [2.75, 3.05) is 0 Å². The van der Waals surface area contributed by atoms with E-state index in [-0.39, 0.29) is 6.61 Å². The van der Waals surface area contributed by atoms with Gasteiger partial charge in [0, 0.05) is 5.39 Å². The summed E-state index contributed by atoms with van der Waals surface area (Å²) in [4.78, 5) is 18.8. The number of aryl methyl sites for hydroxylation is 1. The minimum Gasteiger partial charge on any atom is -0.388 e. The molecule has 18 heavy (non-hydrogen) atoms. The SMILES string of the molecule is CCc1cccc2nc(=O)n3nc(CO)[nH]c3c12. The van der Waals surface area contributed by atoms with Crippen molar-refractivity contribution in [3.63, 3.8) is 0 Å². The van der Waals surface area contributed by atoms with Gasteiger partial charge in [0.05, 0.1) is 5.52 Å². The first-order valence-corrected chi connectivity index (χ1v) is 5.75. The van der Waals surface area contributed by atoms with E-state index in [2.05, 4.69) is 15.1 Å². The lowest BCUT2D eigenvalue weighted by atomic mass is 10.1. The van der Waals surface area contributed by atoms with Crippen molar-refractivity contribution >= 4 is 16.6 Å². The van der Waals surface area contributed by atoms with Gasteiger partial charge in [0.2, 0.25) is 0 Å². The standard InChI is InChI=1S/C12H12N4O2/c1-2-7-4-3-5-8-10(7)11-14-9(6-17)15-16(11)12(18)13-8/h3-5,17H,2,6H2,1H3,(H,14,15). The summed E-state index contributed by atoms with van der Waals surface area (Å²) in [5, 5.41) is 14.0. The fraction of sp³-hybridized carbons (Fsp3) is 0.250. The number of aromatic nitrogens is 4. The van der Waals surface area contributed by atoms with Crippen LogP contribution >= 0.6 is 0 Å². The van der Waals surface area contributed by atoms with E-state index >= 15 is 0 Å². The first-order chi connectivity index (χ1) is 8.74. The topological polar surface area (TPSA) is 83.3 Å². The Labute approximate surface area is 102 Å². The second-order valence-corrected chi connectivity index (χ2v) is 4.05. The van der Waals surface area contributed by atoms with Crippen molar-refractivity contribution in [1.29, 1.82) is 0 Å². The van der Waals surface area contributed by atoms with Crippen LogP contribution < -0.4 is 5.69 Å². The molecule has 2 aromatic heterocycles. The quantitative estimate of drug-likeness (QED) is 0.692. The second-order valence-electron chi connectivity index (χ2n) is 4.05. The Bertz CT molecular complexity index is 788. The highest BCUT2D eigenvalue weighted by Crippen LogP contribution is 2.20. The highest BCUT2D eigenvalue weighted by molar-refractivity contribution is 5.93. The van der Waals surface area contributed by atoms with Crippen molar-refractivity contribution in [2.24, 2.45) is 0 Å². The van der Waals surface area contributed by atoms with Crippen LogP contribution in [0.15, 0.2) is 23.0 Å². The lowest BCUT2D eigenvalue weighted by Gasteiger charge is -2.03. The molecule has 2 N–H and O–H groups in total. The number of aromatic amines is 1. The molecule has 3 aromatic rings. The molecule has 6 heteroatoms. The summed E-state index contributed by atoms with van der Waals surface area (Å²) in [6, 6.07) is 5.68. The third-order valence-electron chi connectivity index (χ3n) is 2.99. The highest BCUT2D eigenvalue weighted by Gasteiger charge is 2.12. The molecule has 6 nitrogen and oxygen atoms in total. The van der Waals surface area contributed by atoms with Gasteiger partial charge in [-0.1, -0.05) is 19.1 Å². The van der Waals surface area contributed by atoms with Crippen LogP contribution in [0.4, 0.5) is 0 Å². The number of nitrogens with zero attached hydrogens (tertiary/aromatic N) is 3. The molecule has 0 saturated carbocycles. The van der Waals surface area contributed by atoms with Crippen LogP contribution in [0.5, 0.6) is 0 Å². The summed E-state index contributed by atoms with van der Waals surface area (Å²) in [6.45, 7) is 1.80. The Kier molecular flexibility index (Phi) is 2.38. The van der Waals surface area contributed by atoms with Gasteiger partial charge in [0.15, 0.2) is 5.82 Å². The molecule has 1 aromatic carbocycles. The van der Waals surface area contributed by atoms with Crippen molar-refractivity contribution in [3.8, 4) is 0 Å². The Morgan fingerprint density at radius 1 is 1.44 bits per heavy atom. The van der Waals surface area contributed by atoms with Crippen LogP contribution in [0.25, 0.3) is 16.6 Å². The number of hydrogen-bond donors (Lipinski definition) is 2. The molecule has 0 bridgehead atoms. The van der Waals surface area contributed by atoms with E-state index in [1.54, 1.807) is 6.07 Å². The molecule has 0 spiro atoms. The molecule has 0 aliphatic rings. The summed E-state index contributed by atoms with van der Waals surface area (Å²) in [6.07, 6.45) is 0.834. The minimum absolute atomic E-state index is 0.239. The summed E-state index contributed by atoms with van der Waals surface area (Å²) in [5.41, 5.74) is 1.88. The third kappa shape index (κ3) is 1.42. The molecular formula is C12H12N4O2. The number of aliphatic hydroxyl groups is 1. The summed E-state index contributed by atoms with van der Waals surface area (Å²) in [7, 11) is 0. The van der Waals surface area contributed by atoms with E-state index in [4.69, 9.17) is 5.11 Å². The van der Waals surface area contributed by atoms with Gasteiger partial charge in [-0.3, -0.25) is 0 Å². The summed E-state index contributed by atoms with van der Waals surface area (Å²) >= 11 is 0. The predicted octanol–water partition coefficient (Wildman–Crippen LogP) is 0.625. The molecule has 3 rings (SSSR count). The fourth-order valence-corrected chi connectivity index (χ4v) is 2.16. The van der Waals surface area contributed by atoms with Gasteiger partial charge in [-0.15, -0.1) is 5.10 Å². The number of nitrogens with one attached hydrogen (secondary N) is 1. The zero-order chi connectivity index (χ0) is 12.7. The number of aliphatic hydroxyl groups excluding tert-OH is 1. The maximum atomic E-state index is 11.8. The van der Waals surface area contributed by atoms with Crippen LogP contribution in [-0.2, 0) is 13.0 Å². The molecule has 92 valence electrons. The lowest BCUT2D eigenvalue weighted by molar-refractivity contribution is 0.271. The molecule has 2 heterocycles. The van der Waals surface area contributed by atoms with E-state index in [0.717, 1.165) is 17.4 Å². The predicted molar refractivity (Wildman–Crippen MR) is 66.4 cm³/mol. The molecule has 0 atom stereocenters. The maximum absolute atomic E-state index is 11.8.